The highest BCUT2D eigenvalue weighted by Gasteiger charge is 2.14. The van der Waals surface area contributed by atoms with E-state index in [1.54, 1.807) is 43.6 Å². The number of hydrogen-bond donors (Lipinski definition) is 2. The van der Waals surface area contributed by atoms with Crippen molar-refractivity contribution in [3.63, 3.8) is 0 Å². The summed E-state index contributed by atoms with van der Waals surface area (Å²) >= 11 is 0. The van der Waals surface area contributed by atoms with Gasteiger partial charge in [-0.25, -0.2) is 13.8 Å². The number of nitrogens with one attached hydrogen (secondary N) is 1. The van der Waals surface area contributed by atoms with Crippen LogP contribution < -0.4 is 5.32 Å². The zero-order chi connectivity index (χ0) is 19.7. The van der Waals surface area contributed by atoms with E-state index in [2.05, 4.69) is 25.4 Å². The van der Waals surface area contributed by atoms with E-state index in [0.717, 1.165) is 0 Å². The number of halogens is 2. The van der Waals surface area contributed by atoms with Crippen LogP contribution in [0.25, 0.3) is 22.4 Å². The van der Waals surface area contributed by atoms with Gasteiger partial charge >= 0.3 is 0 Å². The molecule has 0 aliphatic rings. The summed E-state index contributed by atoms with van der Waals surface area (Å²) in [5, 5.41) is 16.3. The minimum absolute atomic E-state index is 0.161. The van der Waals surface area contributed by atoms with E-state index < -0.39 is 12.2 Å². The van der Waals surface area contributed by atoms with Crippen molar-refractivity contribution in [2.24, 2.45) is 0 Å². The molecule has 9 heteroatoms. The summed E-state index contributed by atoms with van der Waals surface area (Å²) in [5.41, 5.74) is 3.55. The molecule has 4 rings (SSSR count). The van der Waals surface area contributed by atoms with Gasteiger partial charge < -0.3 is 10.4 Å². The van der Waals surface area contributed by atoms with Crippen molar-refractivity contribution in [3.05, 3.63) is 60.4 Å². The number of alkyl halides is 1. The SMILES string of the molecule is Cc1ccc(F)c(-c2cc(Nc3ccnc4cnn(CC(O)F)c34)ccn2)n1. The van der Waals surface area contributed by atoms with Crippen molar-refractivity contribution in [3.8, 4) is 11.4 Å². The normalized spacial score (nSPS) is 12.3. The molecule has 4 aromatic rings. The minimum atomic E-state index is -2.04. The van der Waals surface area contributed by atoms with Crippen LogP contribution in [0.2, 0.25) is 0 Å². The fourth-order valence-electron chi connectivity index (χ4n) is 2.91. The van der Waals surface area contributed by atoms with Gasteiger partial charge in [-0.1, -0.05) is 0 Å². The third-order valence-corrected chi connectivity index (χ3v) is 4.12. The molecule has 1 unspecified atom stereocenters. The third kappa shape index (κ3) is 3.52. The fourth-order valence-corrected chi connectivity index (χ4v) is 2.91. The fraction of sp³-hybridized carbons (Fsp3) is 0.158. The highest BCUT2D eigenvalue weighted by atomic mass is 19.1. The average molecular weight is 382 g/mol. The van der Waals surface area contributed by atoms with E-state index >= 15 is 0 Å². The van der Waals surface area contributed by atoms with Gasteiger partial charge in [0, 0.05) is 23.8 Å². The Morgan fingerprint density at radius 1 is 1.18 bits per heavy atom. The number of hydrogen-bond acceptors (Lipinski definition) is 6. The summed E-state index contributed by atoms with van der Waals surface area (Å²) in [5.74, 6) is -0.462. The summed E-state index contributed by atoms with van der Waals surface area (Å²) in [4.78, 5) is 12.6. The Kier molecular flexibility index (Phi) is 4.66. The molecule has 0 bridgehead atoms. The van der Waals surface area contributed by atoms with Crippen molar-refractivity contribution in [2.45, 2.75) is 19.8 Å². The second kappa shape index (κ2) is 7.28. The van der Waals surface area contributed by atoms with Crippen LogP contribution in [0.4, 0.5) is 20.2 Å². The zero-order valence-electron chi connectivity index (χ0n) is 14.8. The van der Waals surface area contributed by atoms with Crippen LogP contribution in [0.3, 0.4) is 0 Å². The Labute approximate surface area is 158 Å². The van der Waals surface area contributed by atoms with Gasteiger partial charge in [-0.3, -0.25) is 14.6 Å². The van der Waals surface area contributed by atoms with Crippen molar-refractivity contribution in [2.75, 3.05) is 5.32 Å². The number of anilines is 2. The van der Waals surface area contributed by atoms with E-state index in [-0.39, 0.29) is 12.2 Å². The van der Waals surface area contributed by atoms with Gasteiger partial charge in [0.05, 0.1) is 24.1 Å². The molecule has 0 spiro atoms. The van der Waals surface area contributed by atoms with Crippen LogP contribution in [-0.4, -0.2) is 36.2 Å². The van der Waals surface area contributed by atoms with E-state index in [4.69, 9.17) is 5.11 Å². The smallest absolute Gasteiger partial charge is 0.216 e. The first-order chi connectivity index (χ1) is 13.5. The Hall–Kier alpha value is -3.46. The lowest BCUT2D eigenvalue weighted by molar-refractivity contribution is 0.0249. The molecule has 4 aromatic heterocycles. The number of aliphatic hydroxyl groups excluding tert-OH is 1. The third-order valence-electron chi connectivity index (χ3n) is 4.12. The summed E-state index contributed by atoms with van der Waals surface area (Å²) < 4.78 is 28.6. The Morgan fingerprint density at radius 3 is 2.82 bits per heavy atom. The topological polar surface area (TPSA) is 88.8 Å². The summed E-state index contributed by atoms with van der Waals surface area (Å²) in [7, 11) is 0. The standard InChI is InChI=1S/C19H16F2N6O/c1-11-2-3-13(20)18(25-11)15-8-12(4-6-22-15)26-14-5-7-23-16-9-24-27(19(14)16)10-17(21)28/h2-9,17,28H,10H2,1H3,(H,22,23,26). The van der Waals surface area contributed by atoms with Crippen molar-refractivity contribution in [1.29, 1.82) is 0 Å². The molecule has 142 valence electrons. The molecule has 1 atom stereocenters. The first-order valence-electron chi connectivity index (χ1n) is 8.50. The number of pyridine rings is 3. The second-order valence-electron chi connectivity index (χ2n) is 6.19. The number of aliphatic hydroxyl groups is 1. The van der Waals surface area contributed by atoms with E-state index in [9.17, 15) is 8.78 Å². The van der Waals surface area contributed by atoms with Gasteiger partial charge in [-0.2, -0.15) is 5.10 Å². The molecule has 0 aromatic carbocycles. The number of aryl methyl sites for hydroxylation is 1. The van der Waals surface area contributed by atoms with Gasteiger partial charge in [0.2, 0.25) is 6.36 Å². The number of nitrogens with zero attached hydrogens (tertiary/aromatic N) is 5. The number of fused-ring (bicyclic) bond motifs is 1. The predicted molar refractivity (Wildman–Crippen MR) is 100 cm³/mol. The highest BCUT2D eigenvalue weighted by molar-refractivity contribution is 5.89. The Morgan fingerprint density at radius 2 is 2.00 bits per heavy atom. The highest BCUT2D eigenvalue weighted by Crippen LogP contribution is 2.27. The lowest BCUT2D eigenvalue weighted by atomic mass is 10.2. The molecule has 0 saturated heterocycles. The maximum atomic E-state index is 14.2. The van der Waals surface area contributed by atoms with Crippen LogP contribution in [0.1, 0.15) is 5.69 Å². The van der Waals surface area contributed by atoms with Crippen LogP contribution in [0.15, 0.2) is 48.9 Å². The summed E-state index contributed by atoms with van der Waals surface area (Å²) in [6.45, 7) is 1.46. The van der Waals surface area contributed by atoms with Gasteiger partial charge in [0.25, 0.3) is 0 Å². The zero-order valence-corrected chi connectivity index (χ0v) is 14.8. The molecule has 2 N–H and O–H groups in total. The maximum absolute atomic E-state index is 14.2. The number of rotatable bonds is 5. The van der Waals surface area contributed by atoms with Crippen LogP contribution in [-0.2, 0) is 6.54 Å². The molecule has 28 heavy (non-hydrogen) atoms. The molecular weight excluding hydrogens is 366 g/mol. The molecule has 0 aliphatic carbocycles. The summed E-state index contributed by atoms with van der Waals surface area (Å²) in [6, 6.07) is 8.04. The molecular formula is C19H16F2N6O. The monoisotopic (exact) mass is 382 g/mol. The molecule has 0 aliphatic heterocycles. The Balaban J connectivity index is 1.72. The van der Waals surface area contributed by atoms with Crippen LogP contribution in [0, 0.1) is 12.7 Å². The molecule has 0 saturated carbocycles. The first-order valence-corrected chi connectivity index (χ1v) is 8.50. The van der Waals surface area contributed by atoms with Gasteiger partial charge in [-0.05, 0) is 37.3 Å². The molecule has 0 fully saturated rings. The van der Waals surface area contributed by atoms with Gasteiger partial charge in [-0.15, -0.1) is 0 Å². The van der Waals surface area contributed by atoms with Crippen molar-refractivity contribution in [1.82, 2.24) is 24.7 Å². The molecule has 7 nitrogen and oxygen atoms in total. The number of aromatic nitrogens is 5. The largest absolute Gasteiger partial charge is 0.363 e. The minimum Gasteiger partial charge on any atom is -0.363 e. The second-order valence-corrected chi connectivity index (χ2v) is 6.19. The van der Waals surface area contributed by atoms with Crippen molar-refractivity contribution >= 4 is 22.4 Å². The summed E-state index contributed by atoms with van der Waals surface area (Å²) in [6.07, 6.45) is 2.58. The first kappa shape index (κ1) is 17.9. The molecule has 0 amide bonds. The molecule has 4 heterocycles. The van der Waals surface area contributed by atoms with E-state index in [1.165, 1.54) is 16.9 Å². The van der Waals surface area contributed by atoms with E-state index in [1.807, 2.05) is 0 Å². The van der Waals surface area contributed by atoms with E-state index in [0.29, 0.717) is 33.8 Å². The lowest BCUT2D eigenvalue weighted by Crippen LogP contribution is -2.12. The average Bonchev–Trinajstić information content (AvgIpc) is 3.07. The maximum Gasteiger partial charge on any atom is 0.216 e. The van der Waals surface area contributed by atoms with Gasteiger partial charge in [0.1, 0.15) is 16.7 Å². The molecule has 0 radical (unpaired) electrons. The quantitative estimate of drug-likeness (QED) is 0.550. The Bertz CT molecular complexity index is 1140. The lowest BCUT2D eigenvalue weighted by Gasteiger charge is -2.11. The predicted octanol–water partition coefficient (Wildman–Crippen LogP) is 3.37. The van der Waals surface area contributed by atoms with Crippen molar-refractivity contribution < 1.29 is 13.9 Å². The van der Waals surface area contributed by atoms with Crippen LogP contribution in [0.5, 0.6) is 0 Å². The van der Waals surface area contributed by atoms with Crippen LogP contribution >= 0.6 is 0 Å². The van der Waals surface area contributed by atoms with Gasteiger partial charge in [0.15, 0.2) is 5.82 Å².